The van der Waals surface area contributed by atoms with Gasteiger partial charge in [0.15, 0.2) is 0 Å². The highest BCUT2D eigenvalue weighted by Crippen LogP contribution is 2.22. The Kier molecular flexibility index (Phi) is 2.27. The van der Waals surface area contributed by atoms with Gasteiger partial charge >= 0.3 is 0 Å². The zero-order chi connectivity index (χ0) is 11.8. The number of nitrogens with two attached hydrogens (primary N) is 1. The van der Waals surface area contributed by atoms with Crippen LogP contribution in [0.3, 0.4) is 0 Å². The molecular weight excluding hydrogens is 234 g/mol. The molecule has 0 saturated heterocycles. The molecule has 3 aromatic rings. The van der Waals surface area contributed by atoms with Gasteiger partial charge in [-0.3, -0.25) is 4.40 Å². The van der Waals surface area contributed by atoms with Crippen molar-refractivity contribution in [2.75, 3.05) is 5.73 Å². The summed E-state index contributed by atoms with van der Waals surface area (Å²) in [5.74, 6) is 0.865. The maximum Gasteiger partial charge on any atom is 0.144 e. The van der Waals surface area contributed by atoms with E-state index in [1.807, 2.05) is 53.2 Å². The molecule has 0 atom stereocenters. The fourth-order valence-corrected chi connectivity index (χ4v) is 1.95. The van der Waals surface area contributed by atoms with E-state index in [1.165, 1.54) is 0 Å². The maximum absolute atomic E-state index is 5.87. The number of fused-ring (bicyclic) bond motifs is 1. The zero-order valence-electron chi connectivity index (χ0n) is 8.97. The molecule has 2 N–H and O–H groups in total. The molecule has 0 aliphatic rings. The van der Waals surface area contributed by atoms with Gasteiger partial charge in [-0.25, -0.2) is 4.98 Å². The molecule has 3 rings (SSSR count). The molecule has 2 aromatic heterocycles. The van der Waals surface area contributed by atoms with E-state index in [4.69, 9.17) is 17.3 Å². The van der Waals surface area contributed by atoms with Crippen LogP contribution in [0.15, 0.2) is 48.8 Å². The third-order valence-corrected chi connectivity index (χ3v) is 2.90. The highest BCUT2D eigenvalue weighted by atomic mass is 35.5. The summed E-state index contributed by atoms with van der Waals surface area (Å²) in [6.07, 6.45) is 3.69. The predicted molar refractivity (Wildman–Crippen MR) is 70.1 cm³/mol. The molecule has 4 heteroatoms. The van der Waals surface area contributed by atoms with Crippen molar-refractivity contribution >= 4 is 22.8 Å². The summed E-state index contributed by atoms with van der Waals surface area (Å²) in [5.41, 5.74) is 8.53. The Balaban J connectivity index is 2.23. The largest absolute Gasteiger partial charge is 0.398 e. The zero-order valence-corrected chi connectivity index (χ0v) is 9.72. The average molecular weight is 244 g/mol. The van der Waals surface area contributed by atoms with Gasteiger partial charge in [0.2, 0.25) is 0 Å². The van der Waals surface area contributed by atoms with E-state index in [9.17, 15) is 0 Å². The van der Waals surface area contributed by atoms with Crippen LogP contribution in [0.1, 0.15) is 0 Å². The molecule has 0 fully saturated rings. The summed E-state index contributed by atoms with van der Waals surface area (Å²) >= 11 is 5.87. The number of halogens is 1. The van der Waals surface area contributed by atoms with Gasteiger partial charge in [-0.1, -0.05) is 11.6 Å². The van der Waals surface area contributed by atoms with E-state index in [-0.39, 0.29) is 0 Å². The molecule has 17 heavy (non-hydrogen) atoms. The van der Waals surface area contributed by atoms with E-state index < -0.39 is 0 Å². The number of hydrogen-bond acceptors (Lipinski definition) is 2. The summed E-state index contributed by atoms with van der Waals surface area (Å²) in [6, 6.07) is 11.4. The van der Waals surface area contributed by atoms with Crippen molar-refractivity contribution in [1.82, 2.24) is 9.38 Å². The van der Waals surface area contributed by atoms with Crippen LogP contribution in [0.5, 0.6) is 0 Å². The highest BCUT2D eigenvalue weighted by molar-refractivity contribution is 6.30. The summed E-state index contributed by atoms with van der Waals surface area (Å²) in [4.78, 5) is 4.40. The molecule has 2 heterocycles. The molecule has 1 aromatic carbocycles. The highest BCUT2D eigenvalue weighted by Gasteiger charge is 2.05. The summed E-state index contributed by atoms with van der Waals surface area (Å²) in [6.45, 7) is 0. The smallest absolute Gasteiger partial charge is 0.144 e. The molecule has 0 bridgehead atoms. The third kappa shape index (κ3) is 1.74. The number of rotatable bonds is 1. The van der Waals surface area contributed by atoms with Gasteiger partial charge in [0.1, 0.15) is 5.82 Å². The second kappa shape index (κ2) is 3.79. The fraction of sp³-hybridized carbons (Fsp3) is 0. The standard InChI is InChI=1S/C13H10ClN3/c14-10-3-1-9(2-4-10)13-16-7-12-6-5-11(15)8-17(12)13/h1-8H,15H2. The quantitative estimate of drug-likeness (QED) is 0.713. The van der Waals surface area contributed by atoms with Gasteiger partial charge in [0.05, 0.1) is 11.7 Å². The third-order valence-electron chi connectivity index (χ3n) is 2.65. The SMILES string of the molecule is Nc1ccc2cnc(-c3ccc(Cl)cc3)n2c1. The lowest BCUT2D eigenvalue weighted by Gasteiger charge is -2.02. The Bertz CT molecular complexity index is 671. The maximum atomic E-state index is 5.87. The first-order chi connectivity index (χ1) is 8.24. The average Bonchev–Trinajstić information content (AvgIpc) is 2.73. The van der Waals surface area contributed by atoms with E-state index in [2.05, 4.69) is 4.98 Å². The number of nitrogen functional groups attached to an aromatic ring is 1. The normalized spacial score (nSPS) is 10.9. The Hall–Kier alpha value is -2.00. The van der Waals surface area contributed by atoms with E-state index >= 15 is 0 Å². The molecular formula is C13H10ClN3. The molecule has 84 valence electrons. The van der Waals surface area contributed by atoms with E-state index in [1.54, 1.807) is 0 Å². The minimum atomic E-state index is 0.714. The Morgan fingerprint density at radius 1 is 1.06 bits per heavy atom. The van der Waals surface area contributed by atoms with Crippen LogP contribution in [0, 0.1) is 0 Å². The lowest BCUT2D eigenvalue weighted by atomic mass is 10.2. The van der Waals surface area contributed by atoms with Crippen LogP contribution in [0.25, 0.3) is 16.9 Å². The topological polar surface area (TPSA) is 43.3 Å². The van der Waals surface area contributed by atoms with Gasteiger partial charge in [0, 0.05) is 22.5 Å². The first-order valence-electron chi connectivity index (χ1n) is 5.22. The number of pyridine rings is 1. The summed E-state index contributed by atoms with van der Waals surface area (Å²) < 4.78 is 1.97. The van der Waals surface area contributed by atoms with Crippen molar-refractivity contribution in [3.05, 3.63) is 53.8 Å². The molecule has 0 aliphatic heterocycles. The number of hydrogen-bond donors (Lipinski definition) is 1. The first-order valence-corrected chi connectivity index (χ1v) is 5.60. The van der Waals surface area contributed by atoms with Gasteiger partial charge in [-0.2, -0.15) is 0 Å². The number of anilines is 1. The molecule has 0 amide bonds. The van der Waals surface area contributed by atoms with E-state index in [0.717, 1.165) is 16.9 Å². The molecule has 0 saturated carbocycles. The predicted octanol–water partition coefficient (Wildman–Crippen LogP) is 3.24. The van der Waals surface area contributed by atoms with Crippen molar-refractivity contribution < 1.29 is 0 Å². The summed E-state index contributed by atoms with van der Waals surface area (Å²) in [7, 11) is 0. The monoisotopic (exact) mass is 243 g/mol. The van der Waals surface area contributed by atoms with Gasteiger partial charge in [-0.05, 0) is 36.4 Å². The second-order valence-corrected chi connectivity index (χ2v) is 4.28. The van der Waals surface area contributed by atoms with Crippen molar-refractivity contribution in [2.45, 2.75) is 0 Å². The van der Waals surface area contributed by atoms with Gasteiger partial charge in [0.25, 0.3) is 0 Å². The van der Waals surface area contributed by atoms with Crippen molar-refractivity contribution in [2.24, 2.45) is 0 Å². The van der Waals surface area contributed by atoms with Crippen LogP contribution in [-0.2, 0) is 0 Å². The number of benzene rings is 1. The Labute approximate surface area is 103 Å². The molecule has 0 unspecified atom stereocenters. The molecule has 3 nitrogen and oxygen atoms in total. The van der Waals surface area contributed by atoms with Crippen molar-refractivity contribution in [3.63, 3.8) is 0 Å². The first kappa shape index (κ1) is 10.2. The second-order valence-electron chi connectivity index (χ2n) is 3.85. The van der Waals surface area contributed by atoms with Crippen LogP contribution in [0.2, 0.25) is 5.02 Å². The molecule has 0 aliphatic carbocycles. The van der Waals surface area contributed by atoms with E-state index in [0.29, 0.717) is 10.7 Å². The lowest BCUT2D eigenvalue weighted by molar-refractivity contribution is 1.17. The Morgan fingerprint density at radius 2 is 1.82 bits per heavy atom. The molecule has 0 radical (unpaired) electrons. The lowest BCUT2D eigenvalue weighted by Crippen LogP contribution is -1.92. The minimum absolute atomic E-state index is 0.714. The van der Waals surface area contributed by atoms with Gasteiger partial charge < -0.3 is 5.73 Å². The number of nitrogens with zero attached hydrogens (tertiary/aromatic N) is 2. The minimum Gasteiger partial charge on any atom is -0.398 e. The summed E-state index contributed by atoms with van der Waals surface area (Å²) in [5, 5.41) is 0.717. The van der Waals surface area contributed by atoms with Crippen LogP contribution in [-0.4, -0.2) is 9.38 Å². The van der Waals surface area contributed by atoms with Crippen LogP contribution >= 0.6 is 11.6 Å². The van der Waals surface area contributed by atoms with Crippen molar-refractivity contribution in [3.8, 4) is 11.4 Å². The molecule has 0 spiro atoms. The fourth-order valence-electron chi connectivity index (χ4n) is 1.82. The number of imidazole rings is 1. The van der Waals surface area contributed by atoms with Crippen LogP contribution in [0.4, 0.5) is 5.69 Å². The van der Waals surface area contributed by atoms with Gasteiger partial charge in [-0.15, -0.1) is 0 Å². The van der Waals surface area contributed by atoms with Crippen LogP contribution < -0.4 is 5.73 Å². The Morgan fingerprint density at radius 3 is 2.59 bits per heavy atom. The number of aromatic nitrogens is 2. The van der Waals surface area contributed by atoms with Crippen molar-refractivity contribution in [1.29, 1.82) is 0 Å².